The lowest BCUT2D eigenvalue weighted by atomic mass is 9.99. The van der Waals surface area contributed by atoms with Gasteiger partial charge in [0, 0.05) is 17.9 Å². The number of alkyl halides is 3. The Morgan fingerprint density at radius 1 is 1.00 bits per heavy atom. The normalized spacial score (nSPS) is 13.9. The van der Waals surface area contributed by atoms with E-state index in [-0.39, 0.29) is 5.69 Å². The highest BCUT2D eigenvalue weighted by atomic mass is 19.4. The third kappa shape index (κ3) is 2.31. The Morgan fingerprint density at radius 2 is 1.80 bits per heavy atom. The van der Waals surface area contributed by atoms with Gasteiger partial charge in [0.2, 0.25) is 0 Å². The summed E-state index contributed by atoms with van der Waals surface area (Å²) in [6.45, 7) is 0.865. The Balaban J connectivity index is 2.08. The van der Waals surface area contributed by atoms with Crippen molar-refractivity contribution in [2.45, 2.75) is 12.6 Å². The highest BCUT2D eigenvalue weighted by Crippen LogP contribution is 2.35. The number of nitrogen functional groups attached to an aromatic ring is 1. The second-order valence-electron chi connectivity index (χ2n) is 4.89. The average Bonchev–Trinajstić information content (AvgIpc) is 2.84. The molecule has 0 saturated heterocycles. The second kappa shape index (κ2) is 4.44. The number of halogens is 3. The molecule has 0 aliphatic carbocycles. The summed E-state index contributed by atoms with van der Waals surface area (Å²) in [5.41, 5.74) is 8.42. The van der Waals surface area contributed by atoms with Crippen LogP contribution in [0.1, 0.15) is 11.1 Å². The van der Waals surface area contributed by atoms with Crippen LogP contribution < -0.4 is 11.1 Å². The summed E-state index contributed by atoms with van der Waals surface area (Å²) in [6, 6.07) is 9.29. The summed E-state index contributed by atoms with van der Waals surface area (Å²) in [4.78, 5) is 0. The zero-order valence-electron chi connectivity index (χ0n) is 10.6. The summed E-state index contributed by atoms with van der Waals surface area (Å²) in [7, 11) is 0. The molecule has 0 spiro atoms. The molecule has 0 bridgehead atoms. The van der Waals surface area contributed by atoms with Crippen LogP contribution in [0.15, 0.2) is 36.4 Å². The van der Waals surface area contributed by atoms with E-state index in [0.717, 1.165) is 41.9 Å². The number of nitrogens with one attached hydrogen (secondary N) is 1. The maximum Gasteiger partial charge on any atom is 0.416 e. The molecule has 0 amide bonds. The molecule has 104 valence electrons. The summed E-state index contributed by atoms with van der Waals surface area (Å²) >= 11 is 0. The highest BCUT2D eigenvalue weighted by Gasteiger charge is 2.31. The lowest BCUT2D eigenvalue weighted by Crippen LogP contribution is -2.06. The molecule has 20 heavy (non-hydrogen) atoms. The Labute approximate surface area is 114 Å². The number of hydrogen-bond donors (Lipinski definition) is 2. The highest BCUT2D eigenvalue weighted by molar-refractivity contribution is 5.73. The quantitative estimate of drug-likeness (QED) is 0.776. The van der Waals surface area contributed by atoms with Crippen LogP contribution in [0.2, 0.25) is 0 Å². The van der Waals surface area contributed by atoms with Gasteiger partial charge in [-0.15, -0.1) is 0 Å². The van der Waals surface area contributed by atoms with Crippen LogP contribution in [-0.2, 0) is 12.6 Å². The number of hydrogen-bond acceptors (Lipinski definition) is 2. The molecule has 1 aliphatic rings. The maximum atomic E-state index is 12.8. The molecule has 5 heteroatoms. The van der Waals surface area contributed by atoms with Gasteiger partial charge in [-0.05, 0) is 53.4 Å². The van der Waals surface area contributed by atoms with Crippen LogP contribution in [0.4, 0.5) is 24.5 Å². The van der Waals surface area contributed by atoms with E-state index in [4.69, 9.17) is 5.73 Å². The topological polar surface area (TPSA) is 38.0 Å². The third-order valence-corrected chi connectivity index (χ3v) is 3.43. The second-order valence-corrected chi connectivity index (χ2v) is 4.89. The molecule has 2 aromatic carbocycles. The number of fused-ring (bicyclic) bond motifs is 1. The maximum absolute atomic E-state index is 12.8. The molecule has 0 aromatic heterocycles. The van der Waals surface area contributed by atoms with Crippen LogP contribution in [0.5, 0.6) is 0 Å². The molecule has 2 nitrogen and oxygen atoms in total. The van der Waals surface area contributed by atoms with Gasteiger partial charge in [0.05, 0.1) is 5.56 Å². The molecule has 3 N–H and O–H groups in total. The van der Waals surface area contributed by atoms with Crippen molar-refractivity contribution in [2.75, 3.05) is 17.6 Å². The van der Waals surface area contributed by atoms with Gasteiger partial charge in [0.1, 0.15) is 0 Å². The summed E-state index contributed by atoms with van der Waals surface area (Å²) < 4.78 is 38.5. The van der Waals surface area contributed by atoms with Crippen LogP contribution in [0.3, 0.4) is 0 Å². The summed E-state index contributed by atoms with van der Waals surface area (Å²) in [5, 5.41) is 3.22. The van der Waals surface area contributed by atoms with Gasteiger partial charge in [-0.3, -0.25) is 0 Å². The van der Waals surface area contributed by atoms with E-state index in [1.807, 2.05) is 18.2 Å². The van der Waals surface area contributed by atoms with E-state index in [2.05, 4.69) is 5.32 Å². The first-order chi connectivity index (χ1) is 9.43. The Morgan fingerprint density at radius 3 is 2.55 bits per heavy atom. The molecule has 1 aliphatic heterocycles. The minimum atomic E-state index is -4.39. The predicted octanol–water partition coefficient (Wildman–Crippen LogP) is 3.92. The van der Waals surface area contributed by atoms with Gasteiger partial charge in [0.15, 0.2) is 0 Å². The van der Waals surface area contributed by atoms with E-state index in [0.29, 0.717) is 5.56 Å². The molecule has 0 unspecified atom stereocenters. The van der Waals surface area contributed by atoms with Gasteiger partial charge in [0.25, 0.3) is 0 Å². The Kier molecular flexibility index (Phi) is 2.85. The van der Waals surface area contributed by atoms with Crippen molar-refractivity contribution in [1.29, 1.82) is 0 Å². The van der Waals surface area contributed by atoms with Crippen LogP contribution in [0, 0.1) is 0 Å². The molecule has 3 rings (SSSR count). The van der Waals surface area contributed by atoms with Gasteiger partial charge in [-0.25, -0.2) is 0 Å². The summed E-state index contributed by atoms with van der Waals surface area (Å²) in [6.07, 6.45) is -3.50. The fourth-order valence-corrected chi connectivity index (χ4v) is 2.47. The van der Waals surface area contributed by atoms with Gasteiger partial charge < -0.3 is 11.1 Å². The van der Waals surface area contributed by atoms with Crippen LogP contribution in [0.25, 0.3) is 11.1 Å². The molecular formula is C15H13F3N2. The fourth-order valence-electron chi connectivity index (χ4n) is 2.47. The van der Waals surface area contributed by atoms with Crippen molar-refractivity contribution in [2.24, 2.45) is 0 Å². The van der Waals surface area contributed by atoms with Crippen LogP contribution >= 0.6 is 0 Å². The number of nitrogens with two attached hydrogens (primary N) is 1. The zero-order chi connectivity index (χ0) is 14.3. The standard InChI is InChI=1S/C15H13F3N2/c16-15(17,18)12-6-11(7-13(19)8-12)9-1-2-14-10(5-9)3-4-20-14/h1-2,5-8,20H,3-4,19H2. The molecule has 0 fully saturated rings. The molecular weight excluding hydrogens is 265 g/mol. The van der Waals surface area contributed by atoms with Crippen molar-refractivity contribution in [3.63, 3.8) is 0 Å². The first kappa shape index (κ1) is 12.8. The van der Waals surface area contributed by atoms with E-state index < -0.39 is 11.7 Å². The van der Waals surface area contributed by atoms with Crippen molar-refractivity contribution in [3.05, 3.63) is 47.5 Å². The lowest BCUT2D eigenvalue weighted by molar-refractivity contribution is -0.137. The smallest absolute Gasteiger partial charge is 0.399 e. The molecule has 0 radical (unpaired) electrons. The first-order valence-electron chi connectivity index (χ1n) is 6.28. The third-order valence-electron chi connectivity index (χ3n) is 3.43. The van der Waals surface area contributed by atoms with E-state index in [9.17, 15) is 13.2 Å². The number of anilines is 2. The molecule has 1 heterocycles. The van der Waals surface area contributed by atoms with E-state index >= 15 is 0 Å². The lowest BCUT2D eigenvalue weighted by Gasteiger charge is -2.11. The monoisotopic (exact) mass is 278 g/mol. The van der Waals surface area contributed by atoms with Gasteiger partial charge in [-0.1, -0.05) is 6.07 Å². The predicted molar refractivity (Wildman–Crippen MR) is 73.5 cm³/mol. The minimum absolute atomic E-state index is 0.119. The minimum Gasteiger partial charge on any atom is -0.399 e. The number of rotatable bonds is 1. The van der Waals surface area contributed by atoms with E-state index in [1.54, 1.807) is 6.07 Å². The van der Waals surface area contributed by atoms with Crippen molar-refractivity contribution in [1.82, 2.24) is 0 Å². The summed E-state index contributed by atoms with van der Waals surface area (Å²) in [5.74, 6) is 0. The van der Waals surface area contributed by atoms with Crippen molar-refractivity contribution < 1.29 is 13.2 Å². The molecule has 0 saturated carbocycles. The molecule has 0 atom stereocenters. The first-order valence-corrected chi connectivity index (χ1v) is 6.28. The largest absolute Gasteiger partial charge is 0.416 e. The van der Waals surface area contributed by atoms with E-state index in [1.165, 1.54) is 0 Å². The SMILES string of the molecule is Nc1cc(-c2ccc3c(c2)CCN3)cc(C(F)(F)F)c1. The van der Waals surface area contributed by atoms with Gasteiger partial charge in [-0.2, -0.15) is 13.2 Å². The Bertz CT molecular complexity index is 663. The average molecular weight is 278 g/mol. The fraction of sp³-hybridized carbons (Fsp3) is 0.200. The van der Waals surface area contributed by atoms with Crippen LogP contribution in [-0.4, -0.2) is 6.54 Å². The van der Waals surface area contributed by atoms with Gasteiger partial charge >= 0.3 is 6.18 Å². The number of benzene rings is 2. The Hall–Kier alpha value is -2.17. The zero-order valence-corrected chi connectivity index (χ0v) is 10.6. The molecule has 2 aromatic rings. The van der Waals surface area contributed by atoms with Crippen molar-refractivity contribution >= 4 is 11.4 Å². The van der Waals surface area contributed by atoms with Crippen molar-refractivity contribution in [3.8, 4) is 11.1 Å².